The fourth-order valence-electron chi connectivity index (χ4n) is 2.59. The number of nitrogens with zero attached hydrogens (tertiary/aromatic N) is 3. The van der Waals surface area contributed by atoms with E-state index in [0.29, 0.717) is 21.4 Å². The van der Waals surface area contributed by atoms with Gasteiger partial charge in [-0.2, -0.15) is 5.10 Å². The lowest BCUT2D eigenvalue weighted by molar-refractivity contribution is -0.129. The first kappa shape index (κ1) is 20.8. The third kappa shape index (κ3) is 5.13. The van der Waals surface area contributed by atoms with Crippen LogP contribution in [-0.4, -0.2) is 32.7 Å². The Labute approximate surface area is 177 Å². The van der Waals surface area contributed by atoms with Crippen molar-refractivity contribution >= 4 is 35.1 Å². The molecule has 0 saturated carbocycles. The SMILES string of the molecule is CC(OC(=O)c1ccc(-n2cccn2)nc1)C(=O)NC(C)c1ccc(Cl)cc1Cl. The highest BCUT2D eigenvalue weighted by atomic mass is 35.5. The minimum Gasteiger partial charge on any atom is -0.449 e. The van der Waals surface area contributed by atoms with Crippen LogP contribution in [0.1, 0.15) is 35.8 Å². The molecule has 150 valence electrons. The van der Waals surface area contributed by atoms with Crippen LogP contribution in [0.25, 0.3) is 5.82 Å². The van der Waals surface area contributed by atoms with Crippen molar-refractivity contribution in [2.45, 2.75) is 26.0 Å². The molecular weight excluding hydrogens is 415 g/mol. The fraction of sp³-hybridized carbons (Fsp3) is 0.200. The van der Waals surface area contributed by atoms with Crippen LogP contribution in [-0.2, 0) is 9.53 Å². The molecule has 7 nitrogen and oxygen atoms in total. The van der Waals surface area contributed by atoms with Crippen molar-refractivity contribution in [3.8, 4) is 5.82 Å². The summed E-state index contributed by atoms with van der Waals surface area (Å²) in [6.07, 6.45) is 3.74. The van der Waals surface area contributed by atoms with E-state index in [1.165, 1.54) is 13.1 Å². The van der Waals surface area contributed by atoms with E-state index in [-0.39, 0.29) is 11.6 Å². The number of amides is 1. The van der Waals surface area contributed by atoms with Crippen molar-refractivity contribution in [2.75, 3.05) is 0 Å². The smallest absolute Gasteiger partial charge is 0.340 e. The number of rotatable bonds is 6. The van der Waals surface area contributed by atoms with Crippen molar-refractivity contribution < 1.29 is 14.3 Å². The number of pyridine rings is 1. The van der Waals surface area contributed by atoms with Crippen molar-refractivity contribution in [3.63, 3.8) is 0 Å². The number of nitrogens with one attached hydrogen (secondary N) is 1. The van der Waals surface area contributed by atoms with E-state index < -0.39 is 18.0 Å². The maximum atomic E-state index is 12.4. The Hall–Kier alpha value is -2.90. The first-order valence-corrected chi connectivity index (χ1v) is 9.53. The second kappa shape index (κ2) is 9.07. The number of esters is 1. The summed E-state index contributed by atoms with van der Waals surface area (Å²) in [7, 11) is 0. The molecule has 0 radical (unpaired) electrons. The summed E-state index contributed by atoms with van der Waals surface area (Å²) < 4.78 is 6.81. The Kier molecular flexibility index (Phi) is 6.51. The number of halogens is 2. The number of hydrogen-bond acceptors (Lipinski definition) is 5. The molecule has 0 aliphatic heterocycles. The molecule has 3 aromatic rings. The number of aromatic nitrogens is 3. The van der Waals surface area contributed by atoms with E-state index in [4.69, 9.17) is 27.9 Å². The predicted octanol–water partition coefficient (Wildman–Crippen LogP) is 4.00. The van der Waals surface area contributed by atoms with Crippen LogP contribution in [0, 0.1) is 0 Å². The largest absolute Gasteiger partial charge is 0.449 e. The first-order valence-electron chi connectivity index (χ1n) is 8.77. The van der Waals surface area contributed by atoms with Crippen LogP contribution < -0.4 is 5.32 Å². The molecule has 1 N–H and O–H groups in total. The van der Waals surface area contributed by atoms with E-state index in [1.54, 1.807) is 60.4 Å². The van der Waals surface area contributed by atoms with Gasteiger partial charge in [0.1, 0.15) is 0 Å². The average Bonchev–Trinajstić information content (AvgIpc) is 3.22. The molecule has 9 heteroatoms. The summed E-state index contributed by atoms with van der Waals surface area (Å²) in [4.78, 5) is 28.9. The molecule has 0 saturated heterocycles. The normalized spacial score (nSPS) is 12.8. The molecule has 2 unspecified atom stereocenters. The third-order valence-corrected chi connectivity index (χ3v) is 4.73. The van der Waals surface area contributed by atoms with Gasteiger partial charge in [0.05, 0.1) is 11.6 Å². The Morgan fingerprint density at radius 3 is 2.59 bits per heavy atom. The van der Waals surface area contributed by atoms with E-state index in [9.17, 15) is 9.59 Å². The molecular formula is C20H18Cl2N4O3. The number of ether oxygens (including phenoxy) is 1. The van der Waals surface area contributed by atoms with Gasteiger partial charge >= 0.3 is 5.97 Å². The van der Waals surface area contributed by atoms with Crippen LogP contribution in [0.15, 0.2) is 55.0 Å². The standard InChI is InChI=1S/C20H18Cl2N4O3/c1-12(16-6-5-15(21)10-17(16)22)25-19(27)13(2)29-20(28)14-4-7-18(23-11-14)26-9-3-8-24-26/h3-13H,1-2H3,(H,25,27). The van der Waals surface area contributed by atoms with Crippen molar-refractivity contribution in [3.05, 3.63) is 76.2 Å². The van der Waals surface area contributed by atoms with Crippen LogP contribution >= 0.6 is 23.2 Å². The monoisotopic (exact) mass is 432 g/mol. The molecule has 2 atom stereocenters. The zero-order valence-electron chi connectivity index (χ0n) is 15.7. The van der Waals surface area contributed by atoms with Gasteiger partial charge in [0.25, 0.3) is 5.91 Å². The highest BCUT2D eigenvalue weighted by Crippen LogP contribution is 2.26. The van der Waals surface area contributed by atoms with Crippen molar-refractivity contribution in [2.24, 2.45) is 0 Å². The van der Waals surface area contributed by atoms with Gasteiger partial charge in [-0.15, -0.1) is 0 Å². The minimum atomic E-state index is -0.998. The topological polar surface area (TPSA) is 86.1 Å². The summed E-state index contributed by atoms with van der Waals surface area (Å²) in [5.41, 5.74) is 0.940. The molecule has 0 spiro atoms. The maximum Gasteiger partial charge on any atom is 0.340 e. The van der Waals surface area contributed by atoms with E-state index >= 15 is 0 Å². The first-order chi connectivity index (χ1) is 13.8. The van der Waals surface area contributed by atoms with Gasteiger partial charge in [-0.05, 0) is 49.7 Å². The van der Waals surface area contributed by atoms with Crippen molar-refractivity contribution in [1.29, 1.82) is 0 Å². The van der Waals surface area contributed by atoms with E-state index in [0.717, 1.165) is 0 Å². The summed E-state index contributed by atoms with van der Waals surface area (Å²) >= 11 is 12.1. The summed E-state index contributed by atoms with van der Waals surface area (Å²) in [5.74, 6) is -0.534. The molecule has 29 heavy (non-hydrogen) atoms. The van der Waals surface area contributed by atoms with Gasteiger partial charge in [0.2, 0.25) is 0 Å². The maximum absolute atomic E-state index is 12.4. The molecule has 1 amide bonds. The van der Waals surface area contributed by atoms with Gasteiger partial charge in [-0.25, -0.2) is 14.5 Å². The number of hydrogen-bond donors (Lipinski definition) is 1. The van der Waals surface area contributed by atoms with Gasteiger partial charge < -0.3 is 10.1 Å². The van der Waals surface area contributed by atoms with Crippen LogP contribution in [0.2, 0.25) is 10.0 Å². The Morgan fingerprint density at radius 2 is 1.97 bits per heavy atom. The van der Waals surface area contributed by atoms with Gasteiger partial charge in [-0.1, -0.05) is 29.3 Å². The second-order valence-corrected chi connectivity index (χ2v) is 7.14. The lowest BCUT2D eigenvalue weighted by atomic mass is 10.1. The van der Waals surface area contributed by atoms with Crippen LogP contribution in [0.4, 0.5) is 0 Å². The number of benzene rings is 1. The second-order valence-electron chi connectivity index (χ2n) is 6.30. The lowest BCUT2D eigenvalue weighted by Crippen LogP contribution is -2.37. The minimum absolute atomic E-state index is 0.231. The molecule has 0 aliphatic rings. The molecule has 0 fully saturated rings. The molecule has 0 bridgehead atoms. The van der Waals surface area contributed by atoms with Crippen LogP contribution in [0.5, 0.6) is 0 Å². The number of carbonyl (C=O) groups is 2. The Morgan fingerprint density at radius 1 is 1.17 bits per heavy atom. The van der Waals surface area contributed by atoms with Crippen molar-refractivity contribution in [1.82, 2.24) is 20.1 Å². The van der Waals surface area contributed by atoms with Gasteiger partial charge in [0.15, 0.2) is 11.9 Å². The van der Waals surface area contributed by atoms with E-state index in [2.05, 4.69) is 15.4 Å². The Balaban J connectivity index is 1.59. The van der Waals surface area contributed by atoms with Gasteiger partial charge in [0, 0.05) is 28.6 Å². The van der Waals surface area contributed by atoms with Crippen LogP contribution in [0.3, 0.4) is 0 Å². The quantitative estimate of drug-likeness (QED) is 0.594. The molecule has 1 aromatic carbocycles. The molecule has 2 aromatic heterocycles. The zero-order chi connectivity index (χ0) is 21.0. The predicted molar refractivity (Wildman–Crippen MR) is 109 cm³/mol. The van der Waals surface area contributed by atoms with Gasteiger partial charge in [-0.3, -0.25) is 4.79 Å². The molecule has 2 heterocycles. The lowest BCUT2D eigenvalue weighted by Gasteiger charge is -2.19. The number of carbonyl (C=O) groups excluding carboxylic acids is 2. The molecule has 3 rings (SSSR count). The summed E-state index contributed by atoms with van der Waals surface area (Å²) in [6, 6.07) is 9.61. The zero-order valence-corrected chi connectivity index (χ0v) is 17.2. The average molecular weight is 433 g/mol. The Bertz CT molecular complexity index is 1010. The highest BCUT2D eigenvalue weighted by molar-refractivity contribution is 6.35. The van der Waals surface area contributed by atoms with E-state index in [1.807, 2.05) is 0 Å². The highest BCUT2D eigenvalue weighted by Gasteiger charge is 2.22. The molecule has 0 aliphatic carbocycles. The fourth-order valence-corrected chi connectivity index (χ4v) is 3.16. The third-order valence-electron chi connectivity index (χ3n) is 4.16. The summed E-state index contributed by atoms with van der Waals surface area (Å²) in [6.45, 7) is 3.27. The summed E-state index contributed by atoms with van der Waals surface area (Å²) in [5, 5.41) is 7.78.